The minimum atomic E-state index is -0.489. The Labute approximate surface area is 134 Å². The molecule has 1 aliphatic rings. The molecule has 2 aromatic rings. The normalized spacial score (nSPS) is 18.4. The summed E-state index contributed by atoms with van der Waals surface area (Å²) in [6.45, 7) is 9.04. The maximum absolute atomic E-state index is 11.9. The van der Waals surface area contributed by atoms with Crippen LogP contribution in [-0.4, -0.2) is 50.4 Å². The summed E-state index contributed by atoms with van der Waals surface area (Å²) < 4.78 is 7.04. The summed E-state index contributed by atoms with van der Waals surface area (Å²) in [6.07, 6.45) is 1.98. The van der Waals surface area contributed by atoms with E-state index in [1.807, 2.05) is 33.8 Å². The number of alkyl carbamates (subject to hydrolysis) is 1. The van der Waals surface area contributed by atoms with Gasteiger partial charge in [0.15, 0.2) is 0 Å². The van der Waals surface area contributed by atoms with Crippen LogP contribution in [0.4, 0.5) is 10.6 Å². The number of aromatic nitrogens is 4. The SMILES string of the molecule is Cc1cc(N2CCC(NC(=O)OC(C)(C)C)C2)n2ncnc2n1. The predicted molar refractivity (Wildman–Crippen MR) is 85.5 cm³/mol. The number of nitrogens with zero attached hydrogens (tertiary/aromatic N) is 5. The fourth-order valence-corrected chi connectivity index (χ4v) is 2.70. The Bertz CT molecular complexity index is 720. The van der Waals surface area contributed by atoms with Crippen LogP contribution in [0.3, 0.4) is 0 Å². The van der Waals surface area contributed by atoms with Gasteiger partial charge < -0.3 is 15.0 Å². The molecule has 1 N–H and O–H groups in total. The van der Waals surface area contributed by atoms with E-state index in [2.05, 4.69) is 25.3 Å². The molecule has 0 radical (unpaired) electrons. The van der Waals surface area contributed by atoms with Crippen LogP contribution in [0.25, 0.3) is 5.78 Å². The first-order valence-corrected chi connectivity index (χ1v) is 7.74. The van der Waals surface area contributed by atoms with Gasteiger partial charge in [0, 0.05) is 24.8 Å². The molecule has 0 saturated carbocycles. The standard InChI is InChI=1S/C15H22N6O2/c1-10-7-12(21-13(18-10)16-9-17-21)20-6-5-11(8-20)19-14(22)23-15(2,3)4/h7,9,11H,5-6,8H2,1-4H3,(H,19,22). The third-order valence-corrected chi connectivity index (χ3v) is 3.59. The Balaban J connectivity index is 1.70. The molecule has 23 heavy (non-hydrogen) atoms. The molecule has 0 aromatic carbocycles. The van der Waals surface area contributed by atoms with E-state index in [0.29, 0.717) is 12.3 Å². The summed E-state index contributed by atoms with van der Waals surface area (Å²) in [6, 6.07) is 2.04. The summed E-state index contributed by atoms with van der Waals surface area (Å²) in [4.78, 5) is 22.6. The second-order valence-corrected chi connectivity index (χ2v) is 6.81. The first-order valence-electron chi connectivity index (χ1n) is 7.74. The fourth-order valence-electron chi connectivity index (χ4n) is 2.70. The van der Waals surface area contributed by atoms with Crippen molar-refractivity contribution < 1.29 is 9.53 Å². The number of fused-ring (bicyclic) bond motifs is 1. The van der Waals surface area contributed by atoms with Gasteiger partial charge in [0.2, 0.25) is 0 Å². The van der Waals surface area contributed by atoms with Crippen molar-refractivity contribution in [2.75, 3.05) is 18.0 Å². The highest BCUT2D eigenvalue weighted by molar-refractivity contribution is 5.68. The van der Waals surface area contributed by atoms with Crippen LogP contribution in [0, 0.1) is 6.92 Å². The van der Waals surface area contributed by atoms with E-state index in [1.54, 1.807) is 4.52 Å². The third-order valence-electron chi connectivity index (χ3n) is 3.59. The van der Waals surface area contributed by atoms with Gasteiger partial charge in [-0.3, -0.25) is 0 Å². The zero-order valence-corrected chi connectivity index (χ0v) is 13.9. The lowest BCUT2D eigenvalue weighted by atomic mass is 10.2. The van der Waals surface area contributed by atoms with Crippen LogP contribution in [0.1, 0.15) is 32.9 Å². The van der Waals surface area contributed by atoms with Gasteiger partial charge in [0.1, 0.15) is 17.7 Å². The predicted octanol–water partition coefficient (Wildman–Crippen LogP) is 1.54. The largest absolute Gasteiger partial charge is 0.444 e. The van der Waals surface area contributed by atoms with E-state index in [-0.39, 0.29) is 12.1 Å². The van der Waals surface area contributed by atoms with E-state index in [4.69, 9.17) is 4.74 Å². The van der Waals surface area contributed by atoms with Crippen molar-refractivity contribution in [3.63, 3.8) is 0 Å². The van der Waals surface area contributed by atoms with Gasteiger partial charge in [-0.05, 0) is 34.1 Å². The molecule has 3 rings (SSSR count). The number of ether oxygens (including phenoxy) is 1. The van der Waals surface area contributed by atoms with Gasteiger partial charge in [0.25, 0.3) is 5.78 Å². The Kier molecular flexibility index (Phi) is 3.83. The molecule has 8 nitrogen and oxygen atoms in total. The van der Waals surface area contributed by atoms with Crippen molar-refractivity contribution in [2.45, 2.75) is 45.8 Å². The molecular weight excluding hydrogens is 296 g/mol. The molecule has 124 valence electrons. The smallest absolute Gasteiger partial charge is 0.407 e. The monoisotopic (exact) mass is 318 g/mol. The molecule has 1 atom stereocenters. The fraction of sp³-hybridized carbons (Fsp3) is 0.600. The van der Waals surface area contributed by atoms with E-state index >= 15 is 0 Å². The molecule has 8 heteroatoms. The average molecular weight is 318 g/mol. The lowest BCUT2D eigenvalue weighted by Gasteiger charge is -2.22. The number of hydrogen-bond acceptors (Lipinski definition) is 6. The van der Waals surface area contributed by atoms with Gasteiger partial charge in [0.05, 0.1) is 6.04 Å². The average Bonchev–Trinajstić information content (AvgIpc) is 3.03. The maximum Gasteiger partial charge on any atom is 0.407 e. The second kappa shape index (κ2) is 5.68. The zero-order valence-electron chi connectivity index (χ0n) is 13.9. The van der Waals surface area contributed by atoms with Gasteiger partial charge in [-0.15, -0.1) is 0 Å². The van der Waals surface area contributed by atoms with Gasteiger partial charge in [-0.25, -0.2) is 9.78 Å². The molecule has 0 spiro atoms. The van der Waals surface area contributed by atoms with Crippen LogP contribution >= 0.6 is 0 Å². The van der Waals surface area contributed by atoms with Gasteiger partial charge in [-0.1, -0.05) is 0 Å². The van der Waals surface area contributed by atoms with E-state index in [1.165, 1.54) is 6.33 Å². The molecule has 3 heterocycles. The number of carbonyl (C=O) groups is 1. The first-order chi connectivity index (χ1) is 10.8. The summed E-state index contributed by atoms with van der Waals surface area (Å²) in [5.41, 5.74) is 0.404. The number of anilines is 1. The number of rotatable bonds is 2. The summed E-state index contributed by atoms with van der Waals surface area (Å²) in [5, 5.41) is 7.16. The van der Waals surface area contributed by atoms with Crippen LogP contribution in [0.5, 0.6) is 0 Å². The maximum atomic E-state index is 11.9. The zero-order chi connectivity index (χ0) is 16.6. The number of amides is 1. The molecule has 2 aromatic heterocycles. The third kappa shape index (κ3) is 3.52. The molecular formula is C15H22N6O2. The van der Waals surface area contributed by atoms with Crippen molar-refractivity contribution in [1.29, 1.82) is 0 Å². The van der Waals surface area contributed by atoms with Crippen molar-refractivity contribution >= 4 is 17.7 Å². The van der Waals surface area contributed by atoms with Crippen LogP contribution in [0.15, 0.2) is 12.4 Å². The molecule has 0 aliphatic carbocycles. The molecule has 1 fully saturated rings. The Morgan fingerprint density at radius 1 is 1.43 bits per heavy atom. The van der Waals surface area contributed by atoms with Crippen LogP contribution < -0.4 is 10.2 Å². The second-order valence-electron chi connectivity index (χ2n) is 6.81. The molecule has 1 saturated heterocycles. The van der Waals surface area contributed by atoms with Crippen molar-refractivity contribution in [2.24, 2.45) is 0 Å². The summed E-state index contributed by atoms with van der Waals surface area (Å²) in [5.74, 6) is 1.53. The molecule has 1 unspecified atom stereocenters. The molecule has 1 amide bonds. The van der Waals surface area contributed by atoms with Crippen molar-refractivity contribution in [3.05, 3.63) is 18.1 Å². The van der Waals surface area contributed by atoms with E-state index in [9.17, 15) is 4.79 Å². The van der Waals surface area contributed by atoms with E-state index < -0.39 is 5.60 Å². The number of nitrogens with one attached hydrogen (secondary N) is 1. The Hall–Kier alpha value is -2.38. The lowest BCUT2D eigenvalue weighted by Crippen LogP contribution is -2.40. The summed E-state index contributed by atoms with van der Waals surface area (Å²) >= 11 is 0. The van der Waals surface area contributed by atoms with Gasteiger partial charge >= 0.3 is 6.09 Å². The summed E-state index contributed by atoms with van der Waals surface area (Å²) in [7, 11) is 0. The quantitative estimate of drug-likeness (QED) is 0.904. The number of aryl methyl sites for hydroxylation is 1. The molecule has 1 aliphatic heterocycles. The minimum absolute atomic E-state index is 0.0527. The number of carbonyl (C=O) groups excluding carboxylic acids is 1. The van der Waals surface area contributed by atoms with E-state index in [0.717, 1.165) is 24.5 Å². The highest BCUT2D eigenvalue weighted by Crippen LogP contribution is 2.21. The highest BCUT2D eigenvalue weighted by Gasteiger charge is 2.27. The van der Waals surface area contributed by atoms with Crippen LogP contribution in [-0.2, 0) is 4.74 Å². The van der Waals surface area contributed by atoms with Crippen LogP contribution in [0.2, 0.25) is 0 Å². The van der Waals surface area contributed by atoms with Gasteiger partial charge in [-0.2, -0.15) is 14.6 Å². The Morgan fingerprint density at radius 2 is 2.22 bits per heavy atom. The first kappa shape index (κ1) is 15.5. The molecule has 0 bridgehead atoms. The van der Waals surface area contributed by atoms with Crippen molar-refractivity contribution in [3.8, 4) is 0 Å². The topological polar surface area (TPSA) is 84.7 Å². The van der Waals surface area contributed by atoms with Crippen molar-refractivity contribution in [1.82, 2.24) is 24.9 Å². The Morgan fingerprint density at radius 3 is 2.96 bits per heavy atom. The highest BCUT2D eigenvalue weighted by atomic mass is 16.6. The number of hydrogen-bond donors (Lipinski definition) is 1. The lowest BCUT2D eigenvalue weighted by molar-refractivity contribution is 0.0509. The minimum Gasteiger partial charge on any atom is -0.444 e.